The molecule has 0 aromatic carbocycles. The lowest BCUT2D eigenvalue weighted by Crippen LogP contribution is -2.36. The molecule has 0 heterocycles. The van der Waals surface area contributed by atoms with Gasteiger partial charge in [0.1, 0.15) is 0 Å². The highest BCUT2D eigenvalue weighted by Gasteiger charge is 2.05. The Hall–Kier alpha value is -1.39. The van der Waals surface area contributed by atoms with Crippen molar-refractivity contribution in [2.24, 2.45) is 4.99 Å². The van der Waals surface area contributed by atoms with Crippen molar-refractivity contribution in [1.82, 2.24) is 10.2 Å². The first kappa shape index (κ1) is 8.61. The molecule has 0 saturated heterocycles. The molecule has 0 atom stereocenters. The predicted octanol–water partition coefficient (Wildman–Crippen LogP) is 0.0782. The van der Waals surface area contributed by atoms with Crippen molar-refractivity contribution in [2.75, 3.05) is 14.1 Å². The van der Waals surface area contributed by atoms with Crippen LogP contribution in [0.4, 0.5) is 9.59 Å². The number of nitrogens with zero attached hydrogens (tertiary/aromatic N) is 2. The highest BCUT2D eigenvalue weighted by molar-refractivity contribution is 5.94. The van der Waals surface area contributed by atoms with Crippen molar-refractivity contribution in [1.29, 1.82) is 0 Å². The molecule has 0 bridgehead atoms. The fourth-order valence-corrected chi connectivity index (χ4v) is 0.243. The molecular formula is C5H9N3O2. The minimum absolute atomic E-state index is 0.502. The number of hydrogen-bond acceptors (Lipinski definition) is 2. The van der Waals surface area contributed by atoms with Crippen molar-refractivity contribution >= 4 is 18.8 Å². The smallest absolute Gasteiger partial charge is 0.331 e. The minimum atomic E-state index is -0.737. The summed E-state index contributed by atoms with van der Waals surface area (Å²) in [5.74, 6) is 0. The van der Waals surface area contributed by atoms with Crippen LogP contribution in [0.15, 0.2) is 4.99 Å². The maximum atomic E-state index is 10.6. The predicted molar refractivity (Wildman–Crippen MR) is 37.2 cm³/mol. The van der Waals surface area contributed by atoms with Crippen LogP contribution in [0, 0.1) is 0 Å². The van der Waals surface area contributed by atoms with E-state index in [1.807, 2.05) is 5.32 Å². The van der Waals surface area contributed by atoms with Crippen LogP contribution in [0.25, 0.3) is 0 Å². The number of nitrogens with one attached hydrogen (secondary N) is 1. The van der Waals surface area contributed by atoms with Crippen molar-refractivity contribution < 1.29 is 9.59 Å². The lowest BCUT2D eigenvalue weighted by molar-refractivity contribution is 0.213. The first-order valence-electron chi connectivity index (χ1n) is 2.57. The Kier molecular flexibility index (Phi) is 3.10. The Morgan fingerprint density at radius 2 is 2.00 bits per heavy atom. The molecule has 5 heteroatoms. The zero-order chi connectivity index (χ0) is 8.15. The molecule has 5 nitrogen and oxygen atoms in total. The maximum absolute atomic E-state index is 10.6. The zero-order valence-corrected chi connectivity index (χ0v) is 5.92. The monoisotopic (exact) mass is 143 g/mol. The SMILES string of the molecule is C=NC(=O)NC(=O)N(C)C. The summed E-state index contributed by atoms with van der Waals surface area (Å²) in [6.45, 7) is 2.94. The molecular weight excluding hydrogens is 134 g/mol. The van der Waals surface area contributed by atoms with Gasteiger partial charge in [-0.2, -0.15) is 0 Å². The van der Waals surface area contributed by atoms with Crippen LogP contribution in [0.1, 0.15) is 0 Å². The molecule has 0 aliphatic rings. The lowest BCUT2D eigenvalue weighted by atomic mass is 10.8. The molecule has 0 rings (SSSR count). The Labute approximate surface area is 58.7 Å². The first-order valence-corrected chi connectivity index (χ1v) is 2.57. The highest BCUT2D eigenvalue weighted by atomic mass is 16.2. The molecule has 0 saturated carbocycles. The van der Waals surface area contributed by atoms with E-state index in [-0.39, 0.29) is 0 Å². The molecule has 0 unspecified atom stereocenters. The van der Waals surface area contributed by atoms with E-state index in [0.29, 0.717) is 0 Å². The molecule has 4 amide bonds. The fourth-order valence-electron chi connectivity index (χ4n) is 0.243. The van der Waals surface area contributed by atoms with E-state index in [0.717, 1.165) is 0 Å². The normalized spacial score (nSPS) is 8.20. The summed E-state index contributed by atoms with van der Waals surface area (Å²) in [6, 6.07) is -1.24. The molecule has 0 radical (unpaired) electrons. The van der Waals surface area contributed by atoms with Gasteiger partial charge in [0.2, 0.25) is 0 Å². The van der Waals surface area contributed by atoms with Crippen molar-refractivity contribution in [2.45, 2.75) is 0 Å². The minimum Gasteiger partial charge on any atom is -0.331 e. The van der Waals surface area contributed by atoms with Gasteiger partial charge in [0.25, 0.3) is 0 Å². The number of amides is 4. The number of rotatable bonds is 0. The van der Waals surface area contributed by atoms with Gasteiger partial charge in [-0.15, -0.1) is 0 Å². The van der Waals surface area contributed by atoms with Crippen molar-refractivity contribution in [3.63, 3.8) is 0 Å². The van der Waals surface area contributed by atoms with Gasteiger partial charge in [-0.05, 0) is 6.72 Å². The quantitative estimate of drug-likeness (QED) is 0.488. The second-order valence-electron chi connectivity index (χ2n) is 1.79. The Morgan fingerprint density at radius 1 is 1.50 bits per heavy atom. The maximum Gasteiger partial charge on any atom is 0.348 e. The summed E-state index contributed by atoms with van der Waals surface area (Å²) in [4.78, 5) is 25.1. The summed E-state index contributed by atoms with van der Waals surface area (Å²) in [6.07, 6.45) is 0. The Morgan fingerprint density at radius 3 is 2.30 bits per heavy atom. The zero-order valence-electron chi connectivity index (χ0n) is 5.92. The molecule has 0 spiro atoms. The van der Waals surface area contributed by atoms with Gasteiger partial charge in [-0.1, -0.05) is 0 Å². The van der Waals surface area contributed by atoms with Gasteiger partial charge in [0.05, 0.1) is 0 Å². The third-order valence-corrected chi connectivity index (χ3v) is 0.764. The average Bonchev–Trinajstić information content (AvgIpc) is 1.87. The standard InChI is InChI=1S/C5H9N3O2/c1-6-4(9)7-5(10)8(2)3/h1H2,2-3H3,(H,7,9,10). The van der Waals surface area contributed by atoms with Crippen LogP contribution >= 0.6 is 0 Å². The Balaban J connectivity index is 3.80. The van der Waals surface area contributed by atoms with Gasteiger partial charge in [0, 0.05) is 14.1 Å². The molecule has 0 aliphatic heterocycles. The number of carbonyl (C=O) groups is 2. The molecule has 56 valence electrons. The number of carbonyl (C=O) groups excluding carboxylic acids is 2. The van der Waals surface area contributed by atoms with E-state index in [1.54, 1.807) is 0 Å². The second kappa shape index (κ2) is 3.60. The van der Waals surface area contributed by atoms with Crippen LogP contribution in [-0.2, 0) is 0 Å². The van der Waals surface area contributed by atoms with E-state index < -0.39 is 12.1 Å². The topological polar surface area (TPSA) is 61.8 Å². The molecule has 0 aromatic heterocycles. The third-order valence-electron chi connectivity index (χ3n) is 0.764. The summed E-state index contributed by atoms with van der Waals surface area (Å²) >= 11 is 0. The fraction of sp³-hybridized carbons (Fsp3) is 0.400. The summed E-state index contributed by atoms with van der Waals surface area (Å²) in [5, 5.41) is 1.95. The largest absolute Gasteiger partial charge is 0.348 e. The van der Waals surface area contributed by atoms with Gasteiger partial charge in [-0.25, -0.2) is 14.6 Å². The van der Waals surface area contributed by atoms with Crippen molar-refractivity contribution in [3.8, 4) is 0 Å². The summed E-state index contributed by atoms with van der Waals surface area (Å²) in [7, 11) is 3.04. The van der Waals surface area contributed by atoms with Crippen molar-refractivity contribution in [3.05, 3.63) is 0 Å². The third kappa shape index (κ3) is 2.81. The van der Waals surface area contributed by atoms with Crippen LogP contribution in [0.3, 0.4) is 0 Å². The second-order valence-corrected chi connectivity index (χ2v) is 1.79. The molecule has 0 aliphatic carbocycles. The highest BCUT2D eigenvalue weighted by Crippen LogP contribution is 1.77. The number of urea groups is 2. The molecule has 10 heavy (non-hydrogen) atoms. The van der Waals surface area contributed by atoms with Crippen LogP contribution in [0.2, 0.25) is 0 Å². The molecule has 1 N–H and O–H groups in total. The van der Waals surface area contributed by atoms with E-state index in [4.69, 9.17) is 0 Å². The summed E-state index contributed by atoms with van der Waals surface area (Å²) in [5.41, 5.74) is 0. The van der Waals surface area contributed by atoms with Crippen LogP contribution in [-0.4, -0.2) is 37.8 Å². The van der Waals surface area contributed by atoms with E-state index >= 15 is 0 Å². The van der Waals surface area contributed by atoms with Gasteiger partial charge >= 0.3 is 12.1 Å². The lowest BCUT2D eigenvalue weighted by Gasteiger charge is -2.08. The molecule has 0 aromatic rings. The Bertz CT molecular complexity index is 164. The first-order chi connectivity index (χ1) is 4.57. The number of imide groups is 1. The van der Waals surface area contributed by atoms with Crippen LogP contribution < -0.4 is 5.32 Å². The van der Waals surface area contributed by atoms with Gasteiger partial charge < -0.3 is 4.90 Å². The van der Waals surface area contributed by atoms with E-state index in [2.05, 4.69) is 11.7 Å². The average molecular weight is 143 g/mol. The van der Waals surface area contributed by atoms with Gasteiger partial charge in [0.15, 0.2) is 0 Å². The number of aliphatic imine (C=N–C) groups is 1. The molecule has 0 fully saturated rings. The van der Waals surface area contributed by atoms with E-state index in [9.17, 15) is 9.59 Å². The number of hydrogen-bond donors (Lipinski definition) is 1. The summed E-state index contributed by atoms with van der Waals surface area (Å²) < 4.78 is 0. The van der Waals surface area contributed by atoms with Crippen LogP contribution in [0.5, 0.6) is 0 Å². The van der Waals surface area contributed by atoms with E-state index in [1.165, 1.54) is 19.0 Å². The van der Waals surface area contributed by atoms with Gasteiger partial charge in [-0.3, -0.25) is 5.32 Å².